The van der Waals surface area contributed by atoms with Gasteiger partial charge in [-0.15, -0.1) is 0 Å². The summed E-state index contributed by atoms with van der Waals surface area (Å²) in [6.45, 7) is 4.22. The molecule has 82 valence electrons. The summed E-state index contributed by atoms with van der Waals surface area (Å²) in [5, 5.41) is 0. The molecule has 14 heavy (non-hydrogen) atoms. The number of thioether (sulfide) groups is 1. The Bertz CT molecular complexity index is 181. The molecule has 0 aromatic carbocycles. The molecule has 0 bridgehead atoms. The Morgan fingerprint density at radius 3 is 2.93 bits per heavy atom. The molecule has 1 atom stereocenters. The van der Waals surface area contributed by atoms with Gasteiger partial charge in [0.2, 0.25) is 0 Å². The van der Waals surface area contributed by atoms with Gasteiger partial charge in [0.25, 0.3) is 0 Å². The maximum absolute atomic E-state index is 10.8. The highest BCUT2D eigenvalue weighted by Gasteiger charge is 1.94. The summed E-state index contributed by atoms with van der Waals surface area (Å²) in [4.78, 5) is 10.8. The third-order valence-electron chi connectivity index (χ3n) is 1.47. The van der Waals surface area contributed by atoms with E-state index in [1.165, 1.54) is 6.08 Å². The van der Waals surface area contributed by atoms with Crippen molar-refractivity contribution in [1.82, 2.24) is 0 Å². The minimum atomic E-state index is -0.264. The molecule has 0 aromatic heterocycles. The number of ether oxygens (including phenoxy) is 1. The summed E-state index contributed by atoms with van der Waals surface area (Å²) in [6, 6.07) is 0.261. The van der Waals surface area contributed by atoms with Gasteiger partial charge in [-0.1, -0.05) is 6.08 Å². The highest BCUT2D eigenvalue weighted by Crippen LogP contribution is 2.03. The summed E-state index contributed by atoms with van der Waals surface area (Å²) < 4.78 is 4.73. The second-order valence-corrected chi connectivity index (χ2v) is 4.15. The zero-order chi connectivity index (χ0) is 10.8. The lowest BCUT2D eigenvalue weighted by molar-refractivity contribution is -0.137. The summed E-state index contributed by atoms with van der Waals surface area (Å²) >= 11 is 1.77. The number of hydrogen-bond acceptors (Lipinski definition) is 4. The Morgan fingerprint density at radius 2 is 2.36 bits per heavy atom. The molecule has 0 aliphatic rings. The van der Waals surface area contributed by atoms with Crippen LogP contribution < -0.4 is 5.73 Å². The van der Waals surface area contributed by atoms with E-state index >= 15 is 0 Å². The van der Waals surface area contributed by atoms with Crippen molar-refractivity contribution in [2.24, 2.45) is 5.73 Å². The quantitative estimate of drug-likeness (QED) is 0.399. The summed E-state index contributed by atoms with van der Waals surface area (Å²) in [5.41, 5.74) is 5.59. The number of esters is 1. The Hall–Kier alpha value is -0.480. The van der Waals surface area contributed by atoms with E-state index in [0.29, 0.717) is 6.61 Å². The van der Waals surface area contributed by atoms with Gasteiger partial charge < -0.3 is 10.5 Å². The van der Waals surface area contributed by atoms with Gasteiger partial charge in [0.05, 0.1) is 6.61 Å². The van der Waals surface area contributed by atoms with Crippen LogP contribution >= 0.6 is 11.8 Å². The van der Waals surface area contributed by atoms with Crippen LogP contribution in [0.5, 0.6) is 0 Å². The Labute approximate surface area is 90.1 Å². The maximum Gasteiger partial charge on any atom is 0.330 e. The number of rotatable bonds is 7. The van der Waals surface area contributed by atoms with Gasteiger partial charge in [-0.3, -0.25) is 0 Å². The van der Waals surface area contributed by atoms with E-state index in [2.05, 4.69) is 0 Å². The average Bonchev–Trinajstić information content (AvgIpc) is 2.11. The van der Waals surface area contributed by atoms with E-state index in [-0.39, 0.29) is 12.0 Å². The van der Waals surface area contributed by atoms with Gasteiger partial charge >= 0.3 is 5.97 Å². The first kappa shape index (κ1) is 13.5. The molecule has 3 nitrogen and oxygen atoms in total. The van der Waals surface area contributed by atoms with Crippen LogP contribution in [0, 0.1) is 0 Å². The molecule has 0 aliphatic carbocycles. The first-order valence-electron chi connectivity index (χ1n) is 4.83. The molecular formula is C10H19NO2S. The Morgan fingerprint density at radius 1 is 1.64 bits per heavy atom. The molecule has 0 spiro atoms. The molecule has 4 heteroatoms. The zero-order valence-electron chi connectivity index (χ0n) is 8.86. The van der Waals surface area contributed by atoms with Gasteiger partial charge in [-0.25, -0.2) is 4.79 Å². The SMILES string of the molecule is CCOC(=O)/C=C/CSCCC(C)N. The number of carbonyl (C=O) groups is 1. The largest absolute Gasteiger partial charge is 0.463 e. The van der Waals surface area contributed by atoms with Crippen molar-refractivity contribution in [3.8, 4) is 0 Å². The molecule has 0 saturated heterocycles. The molecule has 0 aliphatic heterocycles. The van der Waals surface area contributed by atoms with Crippen molar-refractivity contribution in [3.63, 3.8) is 0 Å². The molecular weight excluding hydrogens is 198 g/mol. The van der Waals surface area contributed by atoms with Gasteiger partial charge in [-0.05, 0) is 26.0 Å². The van der Waals surface area contributed by atoms with E-state index in [4.69, 9.17) is 10.5 Å². The lowest BCUT2D eigenvalue weighted by Gasteiger charge is -2.02. The first-order valence-corrected chi connectivity index (χ1v) is 5.99. The molecule has 0 aromatic rings. The average molecular weight is 217 g/mol. The molecule has 0 radical (unpaired) electrons. The normalized spacial score (nSPS) is 13.1. The van der Waals surface area contributed by atoms with Crippen molar-refractivity contribution in [1.29, 1.82) is 0 Å². The van der Waals surface area contributed by atoms with E-state index in [1.54, 1.807) is 18.7 Å². The third kappa shape index (κ3) is 9.61. The molecule has 0 heterocycles. The summed E-state index contributed by atoms with van der Waals surface area (Å²) in [7, 11) is 0. The number of nitrogens with two attached hydrogens (primary N) is 1. The molecule has 1 unspecified atom stereocenters. The zero-order valence-corrected chi connectivity index (χ0v) is 9.68. The minimum absolute atomic E-state index is 0.261. The minimum Gasteiger partial charge on any atom is -0.463 e. The summed E-state index contributed by atoms with van der Waals surface area (Å²) in [6.07, 6.45) is 4.31. The first-order chi connectivity index (χ1) is 6.66. The van der Waals surface area contributed by atoms with Crippen molar-refractivity contribution in [3.05, 3.63) is 12.2 Å². The Balaban J connectivity index is 3.30. The fourth-order valence-electron chi connectivity index (χ4n) is 0.755. The lowest BCUT2D eigenvalue weighted by Crippen LogP contribution is -2.15. The van der Waals surface area contributed by atoms with Crippen LogP contribution in [-0.4, -0.2) is 30.1 Å². The second-order valence-electron chi connectivity index (χ2n) is 3.00. The molecule has 0 rings (SSSR count). The number of hydrogen-bond donors (Lipinski definition) is 1. The summed E-state index contributed by atoms with van der Waals surface area (Å²) in [5.74, 6) is 1.61. The van der Waals surface area contributed by atoms with E-state index in [1.807, 2.05) is 13.0 Å². The maximum atomic E-state index is 10.8. The standard InChI is InChI=1S/C10H19NO2S/c1-3-13-10(12)5-4-7-14-8-6-9(2)11/h4-5,9H,3,6-8,11H2,1-2H3/b5-4+. The van der Waals surface area contributed by atoms with Crippen molar-refractivity contribution < 1.29 is 9.53 Å². The fourth-order valence-corrected chi connectivity index (χ4v) is 1.69. The van der Waals surface area contributed by atoms with Crippen LogP contribution in [0.1, 0.15) is 20.3 Å². The van der Waals surface area contributed by atoms with E-state index in [9.17, 15) is 4.79 Å². The second kappa shape index (κ2) is 9.09. The molecule has 0 amide bonds. The van der Waals surface area contributed by atoms with Crippen molar-refractivity contribution in [2.75, 3.05) is 18.1 Å². The van der Waals surface area contributed by atoms with E-state index in [0.717, 1.165) is 17.9 Å². The van der Waals surface area contributed by atoms with Crippen LogP contribution in [-0.2, 0) is 9.53 Å². The molecule has 2 N–H and O–H groups in total. The fraction of sp³-hybridized carbons (Fsp3) is 0.700. The van der Waals surface area contributed by atoms with Crippen LogP contribution in [0.3, 0.4) is 0 Å². The molecule has 0 saturated carbocycles. The van der Waals surface area contributed by atoms with Crippen LogP contribution in [0.25, 0.3) is 0 Å². The molecule has 0 fully saturated rings. The van der Waals surface area contributed by atoms with Crippen molar-refractivity contribution in [2.45, 2.75) is 26.3 Å². The predicted molar refractivity (Wildman–Crippen MR) is 61.4 cm³/mol. The highest BCUT2D eigenvalue weighted by atomic mass is 32.2. The van der Waals surface area contributed by atoms with E-state index < -0.39 is 0 Å². The van der Waals surface area contributed by atoms with Gasteiger partial charge in [-0.2, -0.15) is 11.8 Å². The van der Waals surface area contributed by atoms with Gasteiger partial charge in [0, 0.05) is 17.9 Å². The van der Waals surface area contributed by atoms with Crippen molar-refractivity contribution >= 4 is 17.7 Å². The smallest absolute Gasteiger partial charge is 0.330 e. The predicted octanol–water partition coefficient (Wildman–Crippen LogP) is 1.58. The monoisotopic (exact) mass is 217 g/mol. The lowest BCUT2D eigenvalue weighted by atomic mass is 10.3. The number of carbonyl (C=O) groups excluding carboxylic acids is 1. The van der Waals surface area contributed by atoms with Crippen LogP contribution in [0.2, 0.25) is 0 Å². The Kier molecular flexibility index (Phi) is 8.78. The van der Waals surface area contributed by atoms with Gasteiger partial charge in [0.1, 0.15) is 0 Å². The van der Waals surface area contributed by atoms with Gasteiger partial charge in [0.15, 0.2) is 0 Å². The highest BCUT2D eigenvalue weighted by molar-refractivity contribution is 7.99. The van der Waals surface area contributed by atoms with Crippen LogP contribution in [0.15, 0.2) is 12.2 Å². The van der Waals surface area contributed by atoms with Crippen LogP contribution in [0.4, 0.5) is 0 Å². The third-order valence-corrected chi connectivity index (χ3v) is 2.42. The topological polar surface area (TPSA) is 52.3 Å².